The van der Waals surface area contributed by atoms with Gasteiger partial charge in [-0.1, -0.05) is 47.0 Å². The zero-order valence-corrected chi connectivity index (χ0v) is 14.6. The van der Waals surface area contributed by atoms with Crippen molar-refractivity contribution < 1.29 is 9.90 Å². The maximum Gasteiger partial charge on any atom is 2.00 e. The number of hydrogen-bond acceptors (Lipinski definition) is 1. The van der Waals surface area contributed by atoms with Crippen LogP contribution in [0.3, 0.4) is 0 Å². The molecule has 1 unspecified atom stereocenters. The molecule has 0 aromatic rings. The van der Waals surface area contributed by atoms with Crippen LogP contribution in [0.25, 0.3) is 0 Å². The third-order valence-corrected chi connectivity index (χ3v) is 2.68. The van der Waals surface area contributed by atoms with E-state index in [-0.39, 0.29) is 68.9 Å². The Morgan fingerprint density at radius 3 is 2.25 bits per heavy atom. The Hall–Kier alpha value is 0.691. The van der Waals surface area contributed by atoms with Gasteiger partial charge < -0.3 is 5.11 Å². The van der Waals surface area contributed by atoms with E-state index in [9.17, 15) is 9.90 Å². The minimum atomic E-state index is 0. The van der Waals surface area contributed by atoms with Crippen molar-refractivity contribution in [2.24, 2.45) is 11.8 Å². The fraction of sp³-hybridized carbons (Fsp3) is 0.769. The van der Waals surface area contributed by atoms with Crippen LogP contribution >= 0.6 is 0 Å². The van der Waals surface area contributed by atoms with E-state index in [0.717, 1.165) is 25.7 Å². The fourth-order valence-electron chi connectivity index (χ4n) is 1.43. The van der Waals surface area contributed by atoms with Crippen molar-refractivity contribution in [2.45, 2.75) is 53.4 Å². The molecule has 0 spiro atoms. The van der Waals surface area contributed by atoms with Crippen molar-refractivity contribution >= 4 is 51.3 Å². The molecule has 0 heterocycles. The summed E-state index contributed by atoms with van der Waals surface area (Å²) in [4.78, 5) is 9.51. The van der Waals surface area contributed by atoms with Crippen molar-refractivity contribution in [1.29, 1.82) is 0 Å². The van der Waals surface area contributed by atoms with Crippen molar-refractivity contribution in [3.05, 3.63) is 11.8 Å². The summed E-state index contributed by atoms with van der Waals surface area (Å²) in [5.74, 6) is 0.413. The first-order chi connectivity index (χ1) is 7.02. The van der Waals surface area contributed by atoms with Crippen LogP contribution in [0.15, 0.2) is 11.8 Å². The van der Waals surface area contributed by atoms with Gasteiger partial charge in [-0.3, -0.25) is 4.79 Å². The van der Waals surface area contributed by atoms with Gasteiger partial charge in [0.15, 0.2) is 0 Å². The van der Waals surface area contributed by atoms with Crippen molar-refractivity contribution in [1.82, 2.24) is 0 Å². The van der Waals surface area contributed by atoms with Crippen LogP contribution in [0.5, 0.6) is 0 Å². The normalized spacial score (nSPS) is 13.4. The van der Waals surface area contributed by atoms with E-state index in [0.29, 0.717) is 0 Å². The number of hydrogen-bond donors (Lipinski definition) is 0. The van der Waals surface area contributed by atoms with Crippen LogP contribution in [0.1, 0.15) is 53.4 Å². The van der Waals surface area contributed by atoms with Gasteiger partial charge in [-0.2, -0.15) is 0 Å². The Balaban J connectivity index is 0. The van der Waals surface area contributed by atoms with Gasteiger partial charge in [0.1, 0.15) is 0 Å². The molecule has 0 radical (unpaired) electrons. The first kappa shape index (κ1) is 19.0. The van der Waals surface area contributed by atoms with Gasteiger partial charge in [0.25, 0.3) is 0 Å². The molecule has 0 aromatic heterocycles. The van der Waals surface area contributed by atoms with E-state index >= 15 is 0 Å². The van der Waals surface area contributed by atoms with E-state index in [4.69, 9.17) is 0 Å². The Bertz CT molecular complexity index is 222. The molecule has 3 heteroatoms. The van der Waals surface area contributed by atoms with Crippen LogP contribution in [0.2, 0.25) is 0 Å². The van der Waals surface area contributed by atoms with E-state index in [1.165, 1.54) is 6.08 Å². The quantitative estimate of drug-likeness (QED) is 0.308. The summed E-state index contributed by atoms with van der Waals surface area (Å²) in [5.41, 5.74) is 0. The minimum absolute atomic E-state index is 0. The molecule has 0 amide bonds. The second-order valence-electron chi connectivity index (χ2n) is 4.37. The fourth-order valence-corrected chi connectivity index (χ4v) is 1.43. The second-order valence-corrected chi connectivity index (χ2v) is 4.37. The van der Waals surface area contributed by atoms with Crippen molar-refractivity contribution in [3.63, 3.8) is 0 Å². The Kier molecular flexibility index (Phi) is 12.9. The van der Waals surface area contributed by atoms with E-state index in [1.54, 1.807) is 0 Å². The zero-order valence-electron chi connectivity index (χ0n) is 11.1. The van der Waals surface area contributed by atoms with E-state index < -0.39 is 0 Å². The van der Waals surface area contributed by atoms with Gasteiger partial charge in [-0.05, 0) is 12.3 Å². The molecule has 0 fully saturated rings. The van der Waals surface area contributed by atoms with Gasteiger partial charge in [0.05, 0.1) is 5.92 Å². The molecule has 1 atom stereocenters. The smallest absolute Gasteiger partial charge is 0.875 e. The standard InChI is InChI=1S/C13H24O2.Sr/c1-5-7-8-11(6-2)13(15)9-12(14)10(3)4;/h9-11,15H,5-8H2,1-4H3;/q;+2/b13-9-;. The van der Waals surface area contributed by atoms with Gasteiger partial charge in [-0.25, -0.2) is 0 Å². The molecule has 0 aliphatic heterocycles. The molecule has 0 saturated heterocycles. The third-order valence-electron chi connectivity index (χ3n) is 2.68. The molecular formula is C13H24O2Sr+2. The molecule has 1 N–H and O–H groups in total. The number of unbranched alkanes of at least 4 members (excludes halogenated alkanes) is 1. The Morgan fingerprint density at radius 2 is 1.88 bits per heavy atom. The zero-order chi connectivity index (χ0) is 11.8. The molecule has 0 aliphatic carbocycles. The summed E-state index contributed by atoms with van der Waals surface area (Å²) in [5, 5.41) is 11.8. The summed E-state index contributed by atoms with van der Waals surface area (Å²) in [7, 11) is 0. The first-order valence-electron chi connectivity index (χ1n) is 5.97. The number of ketones is 1. The van der Waals surface area contributed by atoms with Gasteiger partial charge in [0.2, 0.25) is 0 Å². The van der Waals surface area contributed by atoms with Gasteiger partial charge >= 0.3 is 51.3 Å². The van der Waals surface area contributed by atoms with Gasteiger partial charge in [0, 0.05) is 6.08 Å². The summed E-state index contributed by atoms with van der Waals surface area (Å²) in [6.07, 6.45) is 5.41. The largest absolute Gasteiger partial charge is 2.00 e. The topological polar surface area (TPSA) is 44.5 Å². The van der Waals surface area contributed by atoms with Crippen LogP contribution in [-0.4, -0.2) is 56.1 Å². The van der Waals surface area contributed by atoms with Gasteiger partial charge in [-0.15, -0.1) is 5.76 Å². The van der Waals surface area contributed by atoms with Crippen LogP contribution in [-0.2, 0) is 0 Å². The molecule has 0 rings (SSSR count). The van der Waals surface area contributed by atoms with E-state index in [2.05, 4.69) is 6.92 Å². The molecule has 0 saturated carbocycles. The third kappa shape index (κ3) is 7.88. The SMILES string of the molecule is CCCCC(CC)/C([O-])=C/C(=[OH+])C(C)C.[Sr+2]. The minimum Gasteiger partial charge on any atom is -0.875 e. The molecule has 88 valence electrons. The average molecular weight is 300 g/mol. The van der Waals surface area contributed by atoms with E-state index in [1.807, 2.05) is 20.8 Å². The molecule has 16 heavy (non-hydrogen) atoms. The Labute approximate surface area is 137 Å². The predicted octanol–water partition coefficient (Wildman–Crippen LogP) is 2.27. The van der Waals surface area contributed by atoms with Crippen LogP contribution in [0.4, 0.5) is 0 Å². The number of allylic oxidation sites excluding steroid dienone is 2. The second kappa shape index (κ2) is 10.8. The monoisotopic (exact) mass is 300 g/mol. The molecule has 0 bridgehead atoms. The van der Waals surface area contributed by atoms with Crippen LogP contribution in [0, 0.1) is 11.8 Å². The maximum absolute atomic E-state index is 11.8. The van der Waals surface area contributed by atoms with Crippen molar-refractivity contribution in [3.8, 4) is 0 Å². The number of carbonyl (C=O) groups excluding carboxylic acids is 1. The number of rotatable bonds is 7. The molecule has 0 aromatic carbocycles. The Morgan fingerprint density at radius 1 is 1.31 bits per heavy atom. The summed E-state index contributed by atoms with van der Waals surface area (Å²) in [6.45, 7) is 7.91. The molecular weight excluding hydrogens is 276 g/mol. The first-order valence-corrected chi connectivity index (χ1v) is 5.97. The molecule has 2 nitrogen and oxygen atoms in total. The van der Waals surface area contributed by atoms with Crippen molar-refractivity contribution in [2.75, 3.05) is 0 Å². The average Bonchev–Trinajstić information content (AvgIpc) is 2.18. The summed E-state index contributed by atoms with van der Waals surface area (Å²) < 4.78 is 0. The maximum atomic E-state index is 11.8. The molecule has 0 aliphatic rings. The van der Waals surface area contributed by atoms with Crippen LogP contribution < -0.4 is 5.11 Å². The summed E-state index contributed by atoms with van der Waals surface area (Å²) >= 11 is 0. The predicted molar refractivity (Wildman–Crippen MR) is 68.9 cm³/mol. The summed E-state index contributed by atoms with van der Waals surface area (Å²) in [6, 6.07) is 0.